The molecule has 0 spiro atoms. The van der Waals surface area contributed by atoms with Gasteiger partial charge >= 0.3 is 5.97 Å². The molecule has 0 fully saturated rings. The SMILES string of the molecule is CCCCCC1=CC2OC3=C(C[C@H]2C(O)=C1C(=O)O)C(C)CCC3(C)C. The number of allylic oxidation sites excluding steroid dienone is 2. The molecule has 3 aliphatic rings. The summed E-state index contributed by atoms with van der Waals surface area (Å²) in [5, 5.41) is 20.5. The Balaban J connectivity index is 1.97. The van der Waals surface area contributed by atoms with E-state index in [0.717, 1.165) is 43.4 Å². The van der Waals surface area contributed by atoms with Gasteiger partial charge in [-0.1, -0.05) is 40.5 Å². The van der Waals surface area contributed by atoms with Gasteiger partial charge in [-0.3, -0.25) is 0 Å². The molecule has 0 aromatic heterocycles. The van der Waals surface area contributed by atoms with Crippen molar-refractivity contribution in [2.45, 2.75) is 78.7 Å². The van der Waals surface area contributed by atoms with Gasteiger partial charge < -0.3 is 14.9 Å². The summed E-state index contributed by atoms with van der Waals surface area (Å²) in [4.78, 5) is 11.8. The molecule has 2 aliphatic carbocycles. The maximum Gasteiger partial charge on any atom is 0.339 e. The van der Waals surface area contributed by atoms with Gasteiger partial charge in [-0.05, 0) is 55.2 Å². The van der Waals surface area contributed by atoms with Crippen molar-refractivity contribution in [3.8, 4) is 0 Å². The Bertz CT molecular complexity index is 680. The van der Waals surface area contributed by atoms with Crippen LogP contribution < -0.4 is 0 Å². The molecule has 0 aromatic rings. The number of fused-ring (bicyclic) bond motifs is 1. The summed E-state index contributed by atoms with van der Waals surface area (Å²) < 4.78 is 6.43. The zero-order valence-electron chi connectivity index (χ0n) is 16.5. The van der Waals surface area contributed by atoms with Crippen LogP contribution in [0.3, 0.4) is 0 Å². The molecular formula is C22H32O4. The fourth-order valence-electron chi connectivity index (χ4n) is 4.68. The lowest BCUT2D eigenvalue weighted by molar-refractivity contribution is -0.132. The van der Waals surface area contributed by atoms with Crippen molar-refractivity contribution >= 4 is 5.97 Å². The molecule has 2 unspecified atom stereocenters. The molecule has 0 bridgehead atoms. The van der Waals surface area contributed by atoms with Crippen molar-refractivity contribution in [2.75, 3.05) is 0 Å². The van der Waals surface area contributed by atoms with Crippen LogP contribution in [0, 0.1) is 17.3 Å². The molecule has 144 valence electrons. The van der Waals surface area contributed by atoms with E-state index in [1.165, 1.54) is 5.57 Å². The number of aliphatic hydroxyl groups excluding tert-OH is 1. The zero-order chi connectivity index (χ0) is 19.1. The van der Waals surface area contributed by atoms with Gasteiger partial charge in [-0.15, -0.1) is 0 Å². The minimum atomic E-state index is -1.03. The predicted octanol–water partition coefficient (Wildman–Crippen LogP) is 5.52. The highest BCUT2D eigenvalue weighted by atomic mass is 16.5. The lowest BCUT2D eigenvalue weighted by Gasteiger charge is -2.46. The zero-order valence-corrected chi connectivity index (χ0v) is 16.5. The Morgan fingerprint density at radius 1 is 1.35 bits per heavy atom. The van der Waals surface area contributed by atoms with Crippen molar-refractivity contribution in [1.82, 2.24) is 0 Å². The number of hydrogen-bond donors (Lipinski definition) is 2. The smallest absolute Gasteiger partial charge is 0.339 e. The van der Waals surface area contributed by atoms with Gasteiger partial charge in [0.1, 0.15) is 23.2 Å². The van der Waals surface area contributed by atoms with E-state index in [9.17, 15) is 15.0 Å². The minimum Gasteiger partial charge on any atom is -0.511 e. The average Bonchev–Trinajstić information content (AvgIpc) is 2.58. The molecule has 26 heavy (non-hydrogen) atoms. The summed E-state index contributed by atoms with van der Waals surface area (Å²) in [6.45, 7) is 8.78. The third-order valence-corrected chi connectivity index (χ3v) is 6.35. The molecule has 0 aromatic carbocycles. The maximum absolute atomic E-state index is 11.8. The molecule has 0 saturated heterocycles. The molecule has 0 radical (unpaired) electrons. The van der Waals surface area contributed by atoms with Crippen LogP contribution in [0.4, 0.5) is 0 Å². The van der Waals surface area contributed by atoms with E-state index in [1.54, 1.807) is 0 Å². The van der Waals surface area contributed by atoms with Gasteiger partial charge in [0.15, 0.2) is 0 Å². The van der Waals surface area contributed by atoms with Crippen molar-refractivity contribution in [3.63, 3.8) is 0 Å². The van der Waals surface area contributed by atoms with Crippen LogP contribution in [0.2, 0.25) is 0 Å². The number of carboxylic acid groups (broad SMARTS) is 1. The van der Waals surface area contributed by atoms with Crippen LogP contribution in [0.5, 0.6) is 0 Å². The second-order valence-electron chi connectivity index (χ2n) is 8.79. The maximum atomic E-state index is 11.8. The normalized spacial score (nSPS) is 30.3. The summed E-state index contributed by atoms with van der Waals surface area (Å²) in [6, 6.07) is 0. The van der Waals surface area contributed by atoms with Gasteiger partial charge in [0.05, 0.1) is 5.92 Å². The number of aliphatic carboxylic acids is 1. The van der Waals surface area contributed by atoms with Crippen molar-refractivity contribution in [3.05, 3.63) is 34.3 Å². The largest absolute Gasteiger partial charge is 0.511 e. The highest BCUT2D eigenvalue weighted by Gasteiger charge is 2.45. The van der Waals surface area contributed by atoms with E-state index < -0.39 is 5.97 Å². The molecule has 0 amide bonds. The Hall–Kier alpha value is -1.71. The Kier molecular flexibility index (Phi) is 5.23. The third kappa shape index (κ3) is 3.30. The Morgan fingerprint density at radius 2 is 2.08 bits per heavy atom. The van der Waals surface area contributed by atoms with Crippen LogP contribution >= 0.6 is 0 Å². The van der Waals surface area contributed by atoms with Crippen LogP contribution in [0.1, 0.15) is 72.6 Å². The molecule has 4 heteroatoms. The number of carboxylic acids is 1. The van der Waals surface area contributed by atoms with Crippen LogP contribution in [0.15, 0.2) is 34.3 Å². The number of hydrogen-bond acceptors (Lipinski definition) is 3. The number of carbonyl (C=O) groups is 1. The van der Waals surface area contributed by atoms with Crippen molar-refractivity contribution in [2.24, 2.45) is 17.3 Å². The van der Waals surface area contributed by atoms with E-state index in [1.807, 2.05) is 6.08 Å². The highest BCUT2D eigenvalue weighted by molar-refractivity contribution is 5.93. The molecule has 3 atom stereocenters. The van der Waals surface area contributed by atoms with Crippen molar-refractivity contribution in [1.29, 1.82) is 0 Å². The first kappa shape index (κ1) is 19.1. The molecular weight excluding hydrogens is 328 g/mol. The summed E-state index contributed by atoms with van der Waals surface area (Å²) in [5.74, 6) is 0.216. The molecule has 0 saturated carbocycles. The quantitative estimate of drug-likeness (QED) is 0.634. The average molecular weight is 360 g/mol. The lowest BCUT2D eigenvalue weighted by atomic mass is 9.68. The minimum absolute atomic E-state index is 0.00936. The number of aliphatic hydroxyl groups is 1. The van der Waals surface area contributed by atoms with Gasteiger partial charge in [0.2, 0.25) is 0 Å². The Morgan fingerprint density at radius 3 is 2.73 bits per heavy atom. The molecule has 2 N–H and O–H groups in total. The fraction of sp³-hybridized carbons (Fsp3) is 0.682. The summed E-state index contributed by atoms with van der Waals surface area (Å²) in [5.41, 5.74) is 2.12. The van der Waals surface area contributed by atoms with Crippen LogP contribution in [-0.4, -0.2) is 22.3 Å². The second-order valence-corrected chi connectivity index (χ2v) is 8.79. The molecule has 3 rings (SSSR count). The van der Waals surface area contributed by atoms with Gasteiger partial charge in [0, 0.05) is 5.41 Å². The summed E-state index contributed by atoms with van der Waals surface area (Å²) in [7, 11) is 0. The number of unbranched alkanes of at least 4 members (excludes halogenated alkanes) is 2. The second kappa shape index (κ2) is 7.13. The monoisotopic (exact) mass is 360 g/mol. The first-order chi connectivity index (χ1) is 12.3. The standard InChI is InChI=1S/C22H32O4/c1-5-6-7-8-14-11-17-16(19(23)18(14)21(24)25)12-15-13(2)9-10-22(3,4)20(15)26-17/h11,13,16-17,23H,5-10,12H2,1-4H3,(H,24,25)/t13?,16-,17?/m1/s1. The molecule has 1 heterocycles. The van der Waals surface area contributed by atoms with E-state index in [4.69, 9.17) is 4.74 Å². The van der Waals surface area contributed by atoms with E-state index in [-0.39, 0.29) is 28.8 Å². The van der Waals surface area contributed by atoms with Crippen LogP contribution in [0.25, 0.3) is 0 Å². The van der Waals surface area contributed by atoms with Gasteiger partial charge in [-0.2, -0.15) is 0 Å². The molecule has 1 aliphatic heterocycles. The third-order valence-electron chi connectivity index (χ3n) is 6.35. The predicted molar refractivity (Wildman–Crippen MR) is 102 cm³/mol. The van der Waals surface area contributed by atoms with Gasteiger partial charge in [-0.25, -0.2) is 4.79 Å². The Labute approximate surface area is 156 Å². The van der Waals surface area contributed by atoms with E-state index >= 15 is 0 Å². The number of rotatable bonds is 5. The van der Waals surface area contributed by atoms with Crippen LogP contribution in [-0.2, 0) is 9.53 Å². The van der Waals surface area contributed by atoms with Gasteiger partial charge in [0.25, 0.3) is 0 Å². The topological polar surface area (TPSA) is 66.8 Å². The summed E-state index contributed by atoms with van der Waals surface area (Å²) >= 11 is 0. The van der Waals surface area contributed by atoms with Crippen molar-refractivity contribution < 1.29 is 19.7 Å². The number of ether oxygens (including phenoxy) is 1. The van der Waals surface area contributed by atoms with E-state index in [0.29, 0.717) is 18.8 Å². The first-order valence-electron chi connectivity index (χ1n) is 10.0. The molecule has 4 nitrogen and oxygen atoms in total. The van der Waals surface area contributed by atoms with E-state index in [2.05, 4.69) is 27.7 Å². The highest BCUT2D eigenvalue weighted by Crippen LogP contribution is 2.51. The lowest BCUT2D eigenvalue weighted by Crippen LogP contribution is -2.40. The fourth-order valence-corrected chi connectivity index (χ4v) is 4.68. The first-order valence-corrected chi connectivity index (χ1v) is 10.0. The summed E-state index contributed by atoms with van der Waals surface area (Å²) in [6.07, 6.45) is 8.38.